The van der Waals surface area contributed by atoms with Crippen molar-refractivity contribution in [2.75, 3.05) is 24.1 Å². The lowest BCUT2D eigenvalue weighted by molar-refractivity contribution is -0.123. The molecule has 120 valence electrons. The average Bonchev–Trinajstić information content (AvgIpc) is 2.98. The molecule has 0 spiro atoms. The van der Waals surface area contributed by atoms with Crippen molar-refractivity contribution in [3.05, 3.63) is 18.2 Å². The monoisotopic (exact) mass is 326 g/mol. The summed E-state index contributed by atoms with van der Waals surface area (Å²) >= 11 is 1.58. The molecule has 1 aromatic rings. The molecule has 0 radical (unpaired) electrons. The van der Waals surface area contributed by atoms with Crippen molar-refractivity contribution >= 4 is 29.4 Å². The molecule has 0 aliphatic carbocycles. The van der Waals surface area contributed by atoms with E-state index in [9.17, 15) is 9.59 Å². The van der Waals surface area contributed by atoms with E-state index in [0.717, 1.165) is 5.75 Å². The highest BCUT2D eigenvalue weighted by atomic mass is 32.2. The summed E-state index contributed by atoms with van der Waals surface area (Å²) < 4.78 is 10.4. The summed E-state index contributed by atoms with van der Waals surface area (Å²) in [6.45, 7) is 0.165. The van der Waals surface area contributed by atoms with Gasteiger partial charge in [-0.1, -0.05) is 0 Å². The fourth-order valence-electron chi connectivity index (χ4n) is 1.90. The highest BCUT2D eigenvalue weighted by Crippen LogP contribution is 2.34. The summed E-state index contributed by atoms with van der Waals surface area (Å²) in [5.74, 6) is 6.61. The largest absolute Gasteiger partial charge is 0.454 e. The van der Waals surface area contributed by atoms with E-state index in [1.807, 2.05) is 11.7 Å². The Hall–Kier alpha value is -2.13. The molecule has 1 aromatic carbocycles. The average molecular weight is 326 g/mol. The molecule has 1 heterocycles. The van der Waals surface area contributed by atoms with Gasteiger partial charge in [0, 0.05) is 11.8 Å². The molecule has 0 saturated carbocycles. The second-order valence-electron chi connectivity index (χ2n) is 4.51. The van der Waals surface area contributed by atoms with Crippen LogP contribution in [0.4, 0.5) is 10.5 Å². The Labute approximate surface area is 132 Å². The van der Waals surface area contributed by atoms with Crippen molar-refractivity contribution in [1.29, 1.82) is 0 Å². The maximum Gasteiger partial charge on any atom is 0.319 e. The molecule has 0 saturated heterocycles. The maximum absolute atomic E-state index is 12.0. The van der Waals surface area contributed by atoms with Crippen molar-refractivity contribution in [1.82, 2.24) is 10.7 Å². The number of nitrogens with one attached hydrogen (secondary N) is 3. The number of carbonyl (C=O) groups is 2. The minimum Gasteiger partial charge on any atom is -0.454 e. The minimum absolute atomic E-state index is 0.165. The second kappa shape index (κ2) is 7.76. The maximum atomic E-state index is 12.0. The molecule has 3 amide bonds. The van der Waals surface area contributed by atoms with Crippen LogP contribution >= 0.6 is 11.8 Å². The SMILES string of the molecule is CSCC[C@H](NC(=O)Nc1ccc2c(c1)OCO2)C(=O)NN. The molecule has 0 aromatic heterocycles. The third-order valence-electron chi connectivity index (χ3n) is 3.01. The van der Waals surface area contributed by atoms with Crippen molar-refractivity contribution in [3.63, 3.8) is 0 Å². The molecule has 22 heavy (non-hydrogen) atoms. The van der Waals surface area contributed by atoms with Crippen LogP contribution in [0.15, 0.2) is 18.2 Å². The van der Waals surface area contributed by atoms with Crippen LogP contribution in [-0.2, 0) is 4.79 Å². The molecule has 0 bridgehead atoms. The number of rotatable bonds is 6. The van der Waals surface area contributed by atoms with Crippen LogP contribution in [0.5, 0.6) is 11.5 Å². The molecule has 0 unspecified atom stereocenters. The summed E-state index contributed by atoms with van der Waals surface area (Å²) in [7, 11) is 0. The first-order chi connectivity index (χ1) is 10.6. The van der Waals surface area contributed by atoms with Crippen LogP contribution in [0, 0.1) is 0 Å². The minimum atomic E-state index is -0.688. The van der Waals surface area contributed by atoms with Gasteiger partial charge in [-0.25, -0.2) is 10.6 Å². The van der Waals surface area contributed by atoms with E-state index in [1.165, 1.54) is 0 Å². The summed E-state index contributed by atoms with van der Waals surface area (Å²) in [5.41, 5.74) is 2.59. The molecular formula is C13H18N4O4S. The third-order valence-corrected chi connectivity index (χ3v) is 3.65. The zero-order chi connectivity index (χ0) is 15.9. The van der Waals surface area contributed by atoms with Crippen molar-refractivity contribution in [3.8, 4) is 11.5 Å². The second-order valence-corrected chi connectivity index (χ2v) is 5.49. The quantitative estimate of drug-likeness (QED) is 0.347. The molecular weight excluding hydrogens is 308 g/mol. The Morgan fingerprint density at radius 1 is 1.36 bits per heavy atom. The number of amides is 3. The lowest BCUT2D eigenvalue weighted by Crippen LogP contribution is -2.50. The van der Waals surface area contributed by atoms with Crippen molar-refractivity contribution in [2.45, 2.75) is 12.5 Å². The van der Waals surface area contributed by atoms with Gasteiger partial charge in [-0.05, 0) is 30.6 Å². The standard InChI is InChI=1S/C13H18N4O4S/c1-22-5-4-9(12(18)17-14)16-13(19)15-8-2-3-10-11(6-8)21-7-20-10/h2-3,6,9H,4-5,7,14H2,1H3,(H,17,18)(H2,15,16,19)/t9-/m0/s1. The topological polar surface area (TPSA) is 115 Å². The Balaban J connectivity index is 1.94. The number of hydrogen-bond donors (Lipinski definition) is 4. The molecule has 0 fully saturated rings. The van der Waals surface area contributed by atoms with E-state index < -0.39 is 18.0 Å². The number of thioether (sulfide) groups is 1. The molecule has 9 heteroatoms. The number of hydrazine groups is 1. The highest BCUT2D eigenvalue weighted by molar-refractivity contribution is 7.98. The van der Waals surface area contributed by atoms with Gasteiger partial charge in [0.1, 0.15) is 6.04 Å². The van der Waals surface area contributed by atoms with E-state index in [-0.39, 0.29) is 6.79 Å². The van der Waals surface area contributed by atoms with Gasteiger partial charge in [0.2, 0.25) is 6.79 Å². The summed E-state index contributed by atoms with van der Waals surface area (Å²) in [4.78, 5) is 23.6. The number of nitrogens with two attached hydrogens (primary N) is 1. The molecule has 1 aliphatic rings. The Morgan fingerprint density at radius 2 is 2.14 bits per heavy atom. The summed E-state index contributed by atoms with van der Waals surface area (Å²) in [5, 5.41) is 5.24. The third kappa shape index (κ3) is 4.18. The van der Waals surface area contributed by atoms with E-state index >= 15 is 0 Å². The number of urea groups is 1. The van der Waals surface area contributed by atoms with Crippen LogP contribution in [-0.4, -0.2) is 36.8 Å². The van der Waals surface area contributed by atoms with E-state index in [2.05, 4.69) is 10.6 Å². The summed E-state index contributed by atoms with van der Waals surface area (Å²) in [6, 6.07) is 3.87. The predicted molar refractivity (Wildman–Crippen MR) is 83.8 cm³/mol. The van der Waals surface area contributed by atoms with Crippen LogP contribution in [0.25, 0.3) is 0 Å². The normalized spacial score (nSPS) is 13.4. The first-order valence-electron chi connectivity index (χ1n) is 6.60. The van der Waals surface area contributed by atoms with Gasteiger partial charge in [0.15, 0.2) is 11.5 Å². The molecule has 5 N–H and O–H groups in total. The van der Waals surface area contributed by atoms with Gasteiger partial charge >= 0.3 is 6.03 Å². The van der Waals surface area contributed by atoms with Crippen LogP contribution < -0.4 is 31.4 Å². The van der Waals surface area contributed by atoms with Gasteiger partial charge in [-0.15, -0.1) is 0 Å². The fraction of sp³-hybridized carbons (Fsp3) is 0.385. The van der Waals surface area contributed by atoms with Gasteiger partial charge in [0.25, 0.3) is 5.91 Å². The number of hydrogen-bond acceptors (Lipinski definition) is 6. The number of anilines is 1. The van der Waals surface area contributed by atoms with Crippen LogP contribution in [0.1, 0.15) is 6.42 Å². The zero-order valence-corrected chi connectivity index (χ0v) is 12.9. The molecule has 1 atom stereocenters. The predicted octanol–water partition coefficient (Wildman–Crippen LogP) is 0.648. The molecule has 8 nitrogen and oxygen atoms in total. The summed E-state index contributed by atoms with van der Waals surface area (Å²) in [6.07, 6.45) is 2.41. The lowest BCUT2D eigenvalue weighted by Gasteiger charge is -2.17. The fourth-order valence-corrected chi connectivity index (χ4v) is 2.38. The molecule has 2 rings (SSSR count). The van der Waals surface area contributed by atoms with E-state index in [4.69, 9.17) is 15.3 Å². The first kappa shape index (κ1) is 16.2. The lowest BCUT2D eigenvalue weighted by atomic mass is 10.2. The highest BCUT2D eigenvalue weighted by Gasteiger charge is 2.20. The number of ether oxygens (including phenoxy) is 2. The van der Waals surface area contributed by atoms with E-state index in [1.54, 1.807) is 30.0 Å². The van der Waals surface area contributed by atoms with Gasteiger partial charge < -0.3 is 20.1 Å². The Morgan fingerprint density at radius 3 is 2.86 bits per heavy atom. The van der Waals surface area contributed by atoms with Crippen LogP contribution in [0.3, 0.4) is 0 Å². The number of fused-ring (bicyclic) bond motifs is 1. The number of carbonyl (C=O) groups excluding carboxylic acids is 2. The van der Waals surface area contributed by atoms with Gasteiger partial charge in [-0.2, -0.15) is 11.8 Å². The first-order valence-corrected chi connectivity index (χ1v) is 8.00. The molecule has 1 aliphatic heterocycles. The van der Waals surface area contributed by atoms with Gasteiger partial charge in [-0.3, -0.25) is 10.2 Å². The zero-order valence-electron chi connectivity index (χ0n) is 12.0. The van der Waals surface area contributed by atoms with Gasteiger partial charge in [0.05, 0.1) is 0 Å². The van der Waals surface area contributed by atoms with E-state index in [0.29, 0.717) is 23.6 Å². The number of benzene rings is 1. The smallest absolute Gasteiger partial charge is 0.319 e. The van der Waals surface area contributed by atoms with Crippen molar-refractivity contribution in [2.24, 2.45) is 5.84 Å². The Bertz CT molecular complexity index is 555. The van der Waals surface area contributed by atoms with Crippen molar-refractivity contribution < 1.29 is 19.1 Å². The Kier molecular flexibility index (Phi) is 5.73. The van der Waals surface area contributed by atoms with Crippen LogP contribution in [0.2, 0.25) is 0 Å².